The Bertz CT molecular complexity index is 561. The van der Waals surface area contributed by atoms with Crippen molar-refractivity contribution in [2.45, 2.75) is 44.4 Å². The van der Waals surface area contributed by atoms with E-state index in [1.807, 2.05) is 13.8 Å². The van der Waals surface area contributed by atoms with Crippen LogP contribution < -0.4 is 10.5 Å². The number of nitrogens with two attached hydrogens (primary N) is 1. The lowest BCUT2D eigenvalue weighted by Gasteiger charge is -2.16. The zero-order valence-corrected chi connectivity index (χ0v) is 12.4. The second-order valence-corrected chi connectivity index (χ2v) is 7.05. The predicted molar refractivity (Wildman–Crippen MR) is 77.7 cm³/mol. The Kier molecular flexibility index (Phi) is 4.16. The van der Waals surface area contributed by atoms with Crippen LogP contribution in [0.15, 0.2) is 17.0 Å². The van der Waals surface area contributed by atoms with E-state index in [0.29, 0.717) is 5.92 Å². The third-order valence-electron chi connectivity index (χ3n) is 4.03. The molecule has 5 heteroatoms. The van der Waals surface area contributed by atoms with Gasteiger partial charge in [0.15, 0.2) is 0 Å². The van der Waals surface area contributed by atoms with E-state index in [4.69, 9.17) is 5.14 Å². The molecule has 1 aromatic rings. The highest BCUT2D eigenvalue weighted by Crippen LogP contribution is 2.27. The lowest BCUT2D eigenvalue weighted by Crippen LogP contribution is -2.15. The molecule has 0 atom stereocenters. The van der Waals surface area contributed by atoms with Crippen LogP contribution >= 0.6 is 0 Å². The van der Waals surface area contributed by atoms with E-state index in [1.54, 1.807) is 12.1 Å². The summed E-state index contributed by atoms with van der Waals surface area (Å²) in [6, 6.07) is 3.28. The standard InChI is InChI=1S/C14H22N2O2S/c1-10-7-13(19(15,17)18)8-14(11(10)2)16-9-12-5-3-4-6-12/h7-8,12,16H,3-6,9H2,1-2H3,(H2,15,17,18). The quantitative estimate of drug-likeness (QED) is 0.891. The van der Waals surface area contributed by atoms with E-state index in [-0.39, 0.29) is 4.90 Å². The Hall–Kier alpha value is -1.07. The molecule has 106 valence electrons. The number of nitrogens with one attached hydrogen (secondary N) is 1. The number of hydrogen-bond donors (Lipinski definition) is 2. The van der Waals surface area contributed by atoms with Crippen LogP contribution in [-0.4, -0.2) is 15.0 Å². The van der Waals surface area contributed by atoms with Crippen molar-refractivity contribution >= 4 is 15.7 Å². The topological polar surface area (TPSA) is 72.2 Å². The maximum absolute atomic E-state index is 11.5. The van der Waals surface area contributed by atoms with Crippen molar-refractivity contribution in [1.82, 2.24) is 0 Å². The molecule has 1 aromatic carbocycles. The summed E-state index contributed by atoms with van der Waals surface area (Å²) in [5.41, 5.74) is 2.92. The molecule has 0 spiro atoms. The molecule has 0 heterocycles. The summed E-state index contributed by atoms with van der Waals surface area (Å²) in [6.45, 7) is 4.82. The molecule has 1 aliphatic rings. The Balaban J connectivity index is 2.20. The summed E-state index contributed by atoms with van der Waals surface area (Å²) in [5.74, 6) is 0.706. The van der Waals surface area contributed by atoms with Gasteiger partial charge in [-0.15, -0.1) is 0 Å². The van der Waals surface area contributed by atoms with Crippen molar-refractivity contribution in [3.05, 3.63) is 23.3 Å². The van der Waals surface area contributed by atoms with E-state index in [9.17, 15) is 8.42 Å². The minimum Gasteiger partial charge on any atom is -0.385 e. The van der Waals surface area contributed by atoms with Gasteiger partial charge in [-0.3, -0.25) is 0 Å². The Morgan fingerprint density at radius 2 is 1.89 bits per heavy atom. The van der Waals surface area contributed by atoms with E-state index < -0.39 is 10.0 Å². The molecule has 1 fully saturated rings. The fourth-order valence-corrected chi connectivity index (χ4v) is 3.27. The first-order valence-electron chi connectivity index (χ1n) is 6.76. The van der Waals surface area contributed by atoms with E-state index in [1.165, 1.54) is 25.7 Å². The summed E-state index contributed by atoms with van der Waals surface area (Å²) in [6.07, 6.45) is 5.14. The van der Waals surface area contributed by atoms with Gasteiger partial charge in [-0.2, -0.15) is 0 Å². The van der Waals surface area contributed by atoms with E-state index in [0.717, 1.165) is 23.4 Å². The van der Waals surface area contributed by atoms with Crippen LogP contribution in [-0.2, 0) is 10.0 Å². The molecule has 3 N–H and O–H groups in total. The van der Waals surface area contributed by atoms with Crippen molar-refractivity contribution in [2.24, 2.45) is 11.1 Å². The lowest BCUT2D eigenvalue weighted by molar-refractivity contribution is 0.579. The summed E-state index contributed by atoms with van der Waals surface area (Å²) < 4.78 is 22.9. The van der Waals surface area contributed by atoms with Crippen LogP contribution in [0.4, 0.5) is 5.69 Å². The van der Waals surface area contributed by atoms with Crippen LogP contribution in [0.5, 0.6) is 0 Å². The van der Waals surface area contributed by atoms with Crippen LogP contribution in [0.25, 0.3) is 0 Å². The molecule has 1 saturated carbocycles. The van der Waals surface area contributed by atoms with Crippen molar-refractivity contribution in [3.8, 4) is 0 Å². The summed E-state index contributed by atoms with van der Waals surface area (Å²) in [4.78, 5) is 0.185. The third kappa shape index (κ3) is 3.48. The third-order valence-corrected chi connectivity index (χ3v) is 4.92. The van der Waals surface area contributed by atoms with Gasteiger partial charge in [-0.1, -0.05) is 12.8 Å². The van der Waals surface area contributed by atoms with Crippen molar-refractivity contribution in [2.75, 3.05) is 11.9 Å². The molecule has 0 unspecified atom stereocenters. The van der Waals surface area contributed by atoms with Crippen molar-refractivity contribution < 1.29 is 8.42 Å². The Labute approximate surface area is 115 Å². The highest BCUT2D eigenvalue weighted by atomic mass is 32.2. The maximum Gasteiger partial charge on any atom is 0.238 e. The Morgan fingerprint density at radius 1 is 1.26 bits per heavy atom. The second kappa shape index (κ2) is 5.51. The van der Waals surface area contributed by atoms with Gasteiger partial charge in [-0.05, 0) is 55.9 Å². The highest BCUT2D eigenvalue weighted by molar-refractivity contribution is 7.89. The van der Waals surface area contributed by atoms with Crippen LogP contribution in [0, 0.1) is 19.8 Å². The van der Waals surface area contributed by atoms with Gasteiger partial charge in [0.05, 0.1) is 4.90 Å². The smallest absolute Gasteiger partial charge is 0.238 e. The van der Waals surface area contributed by atoms with Gasteiger partial charge in [0, 0.05) is 12.2 Å². The van der Waals surface area contributed by atoms with Gasteiger partial charge < -0.3 is 5.32 Å². The average molecular weight is 282 g/mol. The molecule has 0 bridgehead atoms. The fraction of sp³-hybridized carbons (Fsp3) is 0.571. The largest absolute Gasteiger partial charge is 0.385 e. The number of hydrogen-bond acceptors (Lipinski definition) is 3. The average Bonchev–Trinajstić information content (AvgIpc) is 2.82. The second-order valence-electron chi connectivity index (χ2n) is 5.49. The van der Waals surface area contributed by atoms with Crippen LogP contribution in [0.1, 0.15) is 36.8 Å². The zero-order valence-electron chi connectivity index (χ0n) is 11.6. The first-order valence-corrected chi connectivity index (χ1v) is 8.30. The minimum atomic E-state index is -3.64. The molecule has 0 aliphatic heterocycles. The lowest BCUT2D eigenvalue weighted by atomic mass is 10.1. The van der Waals surface area contributed by atoms with Gasteiger partial charge in [0.2, 0.25) is 10.0 Å². The number of benzene rings is 1. The molecular weight excluding hydrogens is 260 g/mol. The highest BCUT2D eigenvalue weighted by Gasteiger charge is 2.16. The van der Waals surface area contributed by atoms with Gasteiger partial charge in [0.1, 0.15) is 0 Å². The molecule has 4 nitrogen and oxygen atoms in total. The molecule has 19 heavy (non-hydrogen) atoms. The van der Waals surface area contributed by atoms with Crippen molar-refractivity contribution in [3.63, 3.8) is 0 Å². The minimum absolute atomic E-state index is 0.185. The van der Waals surface area contributed by atoms with Gasteiger partial charge in [-0.25, -0.2) is 13.6 Å². The number of rotatable bonds is 4. The fourth-order valence-electron chi connectivity index (χ4n) is 2.64. The summed E-state index contributed by atoms with van der Waals surface area (Å²) in [5, 5.41) is 8.60. The summed E-state index contributed by atoms with van der Waals surface area (Å²) in [7, 11) is -3.64. The van der Waals surface area contributed by atoms with E-state index >= 15 is 0 Å². The molecular formula is C14H22N2O2S. The zero-order chi connectivity index (χ0) is 14.0. The van der Waals surface area contributed by atoms with Crippen LogP contribution in [0.3, 0.4) is 0 Å². The molecule has 0 aromatic heterocycles. The van der Waals surface area contributed by atoms with Crippen LogP contribution in [0.2, 0.25) is 0 Å². The maximum atomic E-state index is 11.5. The number of anilines is 1. The molecule has 2 rings (SSSR count). The summed E-state index contributed by atoms with van der Waals surface area (Å²) >= 11 is 0. The Morgan fingerprint density at radius 3 is 2.47 bits per heavy atom. The van der Waals surface area contributed by atoms with Gasteiger partial charge in [0.25, 0.3) is 0 Å². The predicted octanol–water partition coefficient (Wildman–Crippen LogP) is 2.55. The molecule has 0 saturated heterocycles. The van der Waals surface area contributed by atoms with Gasteiger partial charge >= 0.3 is 0 Å². The first kappa shape index (κ1) is 14.3. The SMILES string of the molecule is Cc1cc(S(N)(=O)=O)cc(NCC2CCCC2)c1C. The number of sulfonamides is 1. The van der Waals surface area contributed by atoms with Crippen molar-refractivity contribution in [1.29, 1.82) is 0 Å². The molecule has 0 radical (unpaired) electrons. The van der Waals surface area contributed by atoms with E-state index in [2.05, 4.69) is 5.32 Å². The molecule has 0 amide bonds. The monoisotopic (exact) mass is 282 g/mol. The first-order chi connectivity index (χ1) is 8.88. The molecule has 1 aliphatic carbocycles. The number of aryl methyl sites for hydroxylation is 1. The number of primary sulfonamides is 1. The normalized spacial score (nSPS) is 16.8.